The van der Waals surface area contributed by atoms with E-state index in [1.54, 1.807) is 31.2 Å². The van der Waals surface area contributed by atoms with Gasteiger partial charge in [0, 0.05) is 17.3 Å². The maximum absolute atomic E-state index is 12.3. The van der Waals surface area contributed by atoms with E-state index in [0.717, 1.165) is 16.8 Å². The molecule has 0 saturated heterocycles. The lowest BCUT2D eigenvalue weighted by molar-refractivity contribution is -0.385. The van der Waals surface area contributed by atoms with Crippen molar-refractivity contribution in [1.29, 1.82) is 0 Å². The van der Waals surface area contributed by atoms with Gasteiger partial charge in [-0.05, 0) is 73.9 Å². The number of esters is 1. The highest BCUT2D eigenvalue weighted by atomic mass is 16.6. The van der Waals surface area contributed by atoms with Crippen molar-refractivity contribution >= 4 is 29.5 Å². The van der Waals surface area contributed by atoms with E-state index in [2.05, 4.69) is 15.8 Å². The van der Waals surface area contributed by atoms with E-state index in [9.17, 15) is 19.7 Å². The van der Waals surface area contributed by atoms with Crippen molar-refractivity contribution in [1.82, 2.24) is 5.43 Å². The number of benzene rings is 3. The third-order valence-electron chi connectivity index (χ3n) is 5.03. The van der Waals surface area contributed by atoms with Crippen LogP contribution in [0.2, 0.25) is 0 Å². The quantitative estimate of drug-likeness (QED) is 0.170. The second-order valence-electron chi connectivity index (χ2n) is 7.63. The first-order valence-corrected chi connectivity index (χ1v) is 10.4. The highest BCUT2D eigenvalue weighted by Gasteiger charge is 2.15. The molecule has 0 aliphatic carbocycles. The number of hydrogen-bond acceptors (Lipinski definition) is 7. The van der Waals surface area contributed by atoms with E-state index < -0.39 is 10.9 Å². The van der Waals surface area contributed by atoms with Crippen LogP contribution >= 0.6 is 0 Å². The Balaban J connectivity index is 1.51. The Morgan fingerprint density at radius 1 is 1.00 bits per heavy atom. The number of rotatable bonds is 8. The highest BCUT2D eigenvalue weighted by Crippen LogP contribution is 2.21. The molecule has 2 N–H and O–H groups in total. The molecule has 0 saturated carbocycles. The molecule has 9 heteroatoms. The smallest absolute Gasteiger partial charge is 0.343 e. The topological polar surface area (TPSA) is 123 Å². The molecule has 0 bridgehead atoms. The standard InChI is InChI=1S/C25H24N4O5/c1-16-5-4-6-17(2)24(16)26-15-23(30)28-27-14-19-7-10-21(11-8-19)34-25(31)20-9-12-22(29(32)33)18(3)13-20/h4-14,26H,15H2,1-3H3,(H,28,30)/b27-14+. The Kier molecular flexibility index (Phi) is 7.71. The van der Waals surface area contributed by atoms with Crippen molar-refractivity contribution in [2.45, 2.75) is 20.8 Å². The average molecular weight is 460 g/mol. The fourth-order valence-corrected chi connectivity index (χ4v) is 3.26. The third kappa shape index (κ3) is 6.26. The molecule has 34 heavy (non-hydrogen) atoms. The van der Waals surface area contributed by atoms with Crippen LogP contribution in [0.3, 0.4) is 0 Å². The summed E-state index contributed by atoms with van der Waals surface area (Å²) >= 11 is 0. The Labute approximate surface area is 196 Å². The minimum absolute atomic E-state index is 0.0617. The Hall–Kier alpha value is -4.53. The van der Waals surface area contributed by atoms with Crippen LogP contribution < -0.4 is 15.5 Å². The van der Waals surface area contributed by atoms with Gasteiger partial charge in [-0.3, -0.25) is 14.9 Å². The van der Waals surface area contributed by atoms with E-state index in [-0.39, 0.29) is 23.7 Å². The lowest BCUT2D eigenvalue weighted by Crippen LogP contribution is -2.26. The molecule has 3 rings (SSSR count). The molecular formula is C25H24N4O5. The van der Waals surface area contributed by atoms with Crippen LogP contribution in [-0.4, -0.2) is 29.6 Å². The summed E-state index contributed by atoms with van der Waals surface area (Å²) in [5, 5.41) is 18.0. The van der Waals surface area contributed by atoms with Crippen LogP contribution in [0.1, 0.15) is 32.6 Å². The maximum atomic E-state index is 12.3. The van der Waals surface area contributed by atoms with Gasteiger partial charge < -0.3 is 10.1 Å². The summed E-state index contributed by atoms with van der Waals surface area (Å²) < 4.78 is 5.32. The van der Waals surface area contributed by atoms with Crippen molar-refractivity contribution in [3.63, 3.8) is 0 Å². The van der Waals surface area contributed by atoms with Crippen LogP contribution in [-0.2, 0) is 4.79 Å². The maximum Gasteiger partial charge on any atom is 0.343 e. The zero-order chi connectivity index (χ0) is 24.7. The summed E-state index contributed by atoms with van der Waals surface area (Å²) in [6.07, 6.45) is 1.47. The normalized spacial score (nSPS) is 10.7. The number of aryl methyl sites for hydroxylation is 3. The SMILES string of the molecule is Cc1cc(C(=O)Oc2ccc(/C=N/NC(=O)CNc3c(C)cccc3C)cc2)ccc1[N+](=O)[O-]. The van der Waals surface area contributed by atoms with E-state index in [0.29, 0.717) is 16.9 Å². The highest BCUT2D eigenvalue weighted by molar-refractivity contribution is 5.92. The zero-order valence-electron chi connectivity index (χ0n) is 19.0. The van der Waals surface area contributed by atoms with E-state index in [4.69, 9.17) is 4.74 Å². The van der Waals surface area contributed by atoms with Gasteiger partial charge in [0.25, 0.3) is 11.6 Å². The summed E-state index contributed by atoms with van der Waals surface area (Å²) in [7, 11) is 0. The molecule has 3 aromatic rings. The van der Waals surface area contributed by atoms with Gasteiger partial charge >= 0.3 is 5.97 Å². The number of nitro benzene ring substituents is 1. The second-order valence-corrected chi connectivity index (χ2v) is 7.63. The molecule has 0 aliphatic rings. The van der Waals surface area contributed by atoms with Gasteiger partial charge in [0.05, 0.1) is 23.2 Å². The molecule has 0 heterocycles. The van der Waals surface area contributed by atoms with Gasteiger partial charge in [-0.1, -0.05) is 18.2 Å². The average Bonchev–Trinajstić information content (AvgIpc) is 2.79. The first-order chi connectivity index (χ1) is 16.2. The Bertz CT molecular complexity index is 1230. The van der Waals surface area contributed by atoms with Gasteiger partial charge in [0.15, 0.2) is 0 Å². The van der Waals surface area contributed by atoms with Gasteiger partial charge in [0.1, 0.15) is 5.75 Å². The van der Waals surface area contributed by atoms with Crippen molar-refractivity contribution in [3.05, 3.63) is 98.6 Å². The number of ether oxygens (including phenoxy) is 1. The summed E-state index contributed by atoms with van der Waals surface area (Å²) in [4.78, 5) is 34.8. The van der Waals surface area contributed by atoms with Gasteiger partial charge in [-0.25, -0.2) is 10.2 Å². The summed E-state index contributed by atoms with van der Waals surface area (Å²) in [6, 6.07) is 16.5. The summed E-state index contributed by atoms with van der Waals surface area (Å²) in [6.45, 7) is 5.58. The van der Waals surface area contributed by atoms with Crippen molar-refractivity contribution in [3.8, 4) is 5.75 Å². The molecule has 1 amide bonds. The predicted molar refractivity (Wildman–Crippen MR) is 129 cm³/mol. The lowest BCUT2D eigenvalue weighted by atomic mass is 10.1. The number of hydrazone groups is 1. The fraction of sp³-hybridized carbons (Fsp3) is 0.160. The molecule has 174 valence electrons. The molecular weight excluding hydrogens is 436 g/mol. The number of para-hydroxylation sites is 1. The van der Waals surface area contributed by atoms with E-state index in [1.807, 2.05) is 32.0 Å². The van der Waals surface area contributed by atoms with Gasteiger partial charge in [0.2, 0.25) is 0 Å². The zero-order valence-corrected chi connectivity index (χ0v) is 19.0. The Morgan fingerprint density at radius 3 is 2.29 bits per heavy atom. The van der Waals surface area contributed by atoms with Crippen LogP contribution in [0.15, 0.2) is 65.8 Å². The predicted octanol–water partition coefficient (Wildman–Crippen LogP) is 4.30. The number of anilines is 1. The number of amides is 1. The molecule has 0 radical (unpaired) electrons. The van der Waals surface area contributed by atoms with Crippen LogP contribution in [0, 0.1) is 30.9 Å². The number of nitrogens with one attached hydrogen (secondary N) is 2. The van der Waals surface area contributed by atoms with Gasteiger partial charge in [-0.2, -0.15) is 5.10 Å². The molecule has 0 fully saturated rings. The Morgan fingerprint density at radius 2 is 1.68 bits per heavy atom. The first kappa shape index (κ1) is 24.1. The number of carbonyl (C=O) groups excluding carboxylic acids is 2. The lowest BCUT2D eigenvalue weighted by Gasteiger charge is -2.11. The molecule has 9 nitrogen and oxygen atoms in total. The minimum atomic E-state index is -0.622. The van der Waals surface area contributed by atoms with E-state index >= 15 is 0 Å². The minimum Gasteiger partial charge on any atom is -0.423 e. The molecule has 0 unspecified atom stereocenters. The molecule has 0 spiro atoms. The van der Waals surface area contributed by atoms with E-state index in [1.165, 1.54) is 24.4 Å². The third-order valence-corrected chi connectivity index (χ3v) is 5.03. The molecule has 0 aromatic heterocycles. The molecule has 0 atom stereocenters. The largest absolute Gasteiger partial charge is 0.423 e. The molecule has 0 aliphatic heterocycles. The summed E-state index contributed by atoms with van der Waals surface area (Å²) in [5.41, 5.74) is 6.71. The molecule has 3 aromatic carbocycles. The number of nitrogens with zero attached hydrogens (tertiary/aromatic N) is 2. The number of carbonyl (C=O) groups is 2. The van der Waals surface area contributed by atoms with Crippen LogP contribution in [0.5, 0.6) is 5.75 Å². The van der Waals surface area contributed by atoms with Gasteiger partial charge in [-0.15, -0.1) is 0 Å². The van der Waals surface area contributed by atoms with Crippen molar-refractivity contribution in [2.75, 3.05) is 11.9 Å². The monoisotopic (exact) mass is 460 g/mol. The van der Waals surface area contributed by atoms with Crippen LogP contribution in [0.4, 0.5) is 11.4 Å². The number of hydrogen-bond donors (Lipinski definition) is 2. The van der Waals surface area contributed by atoms with Crippen molar-refractivity contribution in [2.24, 2.45) is 5.10 Å². The number of nitro groups is 1. The summed E-state index contributed by atoms with van der Waals surface area (Å²) in [5.74, 6) is -0.606. The fourth-order valence-electron chi connectivity index (χ4n) is 3.26. The van der Waals surface area contributed by atoms with Crippen LogP contribution in [0.25, 0.3) is 0 Å². The second kappa shape index (κ2) is 10.9. The first-order valence-electron chi connectivity index (χ1n) is 10.4. The van der Waals surface area contributed by atoms with Crippen molar-refractivity contribution < 1.29 is 19.2 Å².